The maximum Gasteiger partial charge on any atom is 0.436 e. The third kappa shape index (κ3) is 4.67. The summed E-state index contributed by atoms with van der Waals surface area (Å²) in [6, 6.07) is 9.79. The van der Waals surface area contributed by atoms with Crippen LogP contribution in [0.1, 0.15) is 34.8 Å². The van der Waals surface area contributed by atoms with Crippen molar-refractivity contribution < 1.29 is 18.0 Å². The molecule has 10 heteroatoms. The highest BCUT2D eigenvalue weighted by Gasteiger charge is 2.38. The first-order valence-corrected chi connectivity index (χ1v) is 9.63. The van der Waals surface area contributed by atoms with Crippen LogP contribution in [-0.4, -0.2) is 25.5 Å². The predicted molar refractivity (Wildman–Crippen MR) is 107 cm³/mol. The van der Waals surface area contributed by atoms with Crippen LogP contribution in [0.3, 0.4) is 0 Å². The van der Waals surface area contributed by atoms with Crippen LogP contribution in [0.5, 0.6) is 0 Å². The van der Waals surface area contributed by atoms with Gasteiger partial charge in [-0.15, -0.1) is 0 Å². The van der Waals surface area contributed by atoms with Gasteiger partial charge in [0.2, 0.25) is 5.91 Å². The standard InChI is InChI=1S/C20H21ClF3N5O/c1-12-18(14(3)29(26-12)11-15-7-5-4-6-8-15)25-16(30)9-10-28-13(2)17(21)19(27-28)20(22,23)24/h4-8H,9-11H2,1-3H3,(H,25,30). The molecule has 0 atom stereocenters. The molecular formula is C20H21ClF3N5O. The van der Waals surface area contributed by atoms with E-state index in [1.165, 1.54) is 6.92 Å². The Morgan fingerprint density at radius 3 is 2.33 bits per heavy atom. The fourth-order valence-electron chi connectivity index (χ4n) is 3.12. The Labute approximate surface area is 176 Å². The monoisotopic (exact) mass is 439 g/mol. The first-order chi connectivity index (χ1) is 14.1. The third-order valence-corrected chi connectivity index (χ3v) is 5.23. The lowest BCUT2D eigenvalue weighted by Crippen LogP contribution is -2.17. The Kier molecular flexibility index (Phi) is 6.21. The molecule has 3 aromatic rings. The van der Waals surface area contributed by atoms with E-state index >= 15 is 0 Å². The van der Waals surface area contributed by atoms with Crippen LogP contribution in [0.25, 0.3) is 0 Å². The van der Waals surface area contributed by atoms with Gasteiger partial charge in [0.25, 0.3) is 0 Å². The summed E-state index contributed by atoms with van der Waals surface area (Å²) in [5.74, 6) is -0.347. The van der Waals surface area contributed by atoms with Crippen LogP contribution in [0.15, 0.2) is 30.3 Å². The molecule has 0 radical (unpaired) electrons. The Morgan fingerprint density at radius 1 is 1.07 bits per heavy atom. The van der Waals surface area contributed by atoms with Gasteiger partial charge in [0, 0.05) is 6.42 Å². The number of benzene rings is 1. The maximum absolute atomic E-state index is 12.9. The molecular weight excluding hydrogens is 419 g/mol. The molecule has 1 N–H and O–H groups in total. The summed E-state index contributed by atoms with van der Waals surface area (Å²) in [6.07, 6.45) is -4.70. The number of hydrogen-bond acceptors (Lipinski definition) is 3. The average Bonchev–Trinajstić information content (AvgIpc) is 3.12. The number of carbonyl (C=O) groups is 1. The third-order valence-electron chi connectivity index (χ3n) is 4.77. The average molecular weight is 440 g/mol. The summed E-state index contributed by atoms with van der Waals surface area (Å²) in [4.78, 5) is 12.4. The second kappa shape index (κ2) is 8.51. The lowest BCUT2D eigenvalue weighted by atomic mass is 10.2. The molecule has 1 aromatic carbocycles. The van der Waals surface area contributed by atoms with E-state index in [0.29, 0.717) is 17.9 Å². The predicted octanol–water partition coefficient (Wildman–Crippen LogP) is 4.75. The van der Waals surface area contributed by atoms with Crippen molar-refractivity contribution in [1.29, 1.82) is 0 Å². The van der Waals surface area contributed by atoms with Crippen molar-refractivity contribution in [2.24, 2.45) is 0 Å². The molecule has 30 heavy (non-hydrogen) atoms. The molecule has 0 unspecified atom stereocenters. The zero-order valence-electron chi connectivity index (χ0n) is 16.7. The molecule has 0 fully saturated rings. The maximum atomic E-state index is 12.9. The number of nitrogens with zero attached hydrogens (tertiary/aromatic N) is 4. The molecule has 0 aliphatic heterocycles. The quantitative estimate of drug-likeness (QED) is 0.602. The first kappa shape index (κ1) is 21.9. The van der Waals surface area contributed by atoms with Crippen molar-refractivity contribution in [3.8, 4) is 0 Å². The van der Waals surface area contributed by atoms with Crippen LogP contribution in [0.2, 0.25) is 5.02 Å². The van der Waals surface area contributed by atoms with E-state index in [0.717, 1.165) is 15.9 Å². The van der Waals surface area contributed by atoms with Crippen molar-refractivity contribution in [3.05, 3.63) is 63.7 Å². The van der Waals surface area contributed by atoms with Gasteiger partial charge in [-0.05, 0) is 26.3 Å². The van der Waals surface area contributed by atoms with Crippen LogP contribution in [0, 0.1) is 20.8 Å². The zero-order valence-corrected chi connectivity index (χ0v) is 17.5. The number of hydrogen-bond donors (Lipinski definition) is 1. The van der Waals surface area contributed by atoms with Crippen LogP contribution in [-0.2, 0) is 24.1 Å². The van der Waals surface area contributed by atoms with Crippen molar-refractivity contribution in [2.45, 2.75) is 46.5 Å². The van der Waals surface area contributed by atoms with Gasteiger partial charge in [-0.1, -0.05) is 41.9 Å². The van der Waals surface area contributed by atoms with Gasteiger partial charge in [0.05, 0.1) is 40.9 Å². The fraction of sp³-hybridized carbons (Fsp3) is 0.350. The first-order valence-electron chi connectivity index (χ1n) is 9.25. The van der Waals surface area contributed by atoms with E-state index in [-0.39, 0.29) is 24.6 Å². The highest BCUT2D eigenvalue weighted by molar-refractivity contribution is 6.31. The van der Waals surface area contributed by atoms with E-state index in [1.54, 1.807) is 11.6 Å². The van der Waals surface area contributed by atoms with Crippen molar-refractivity contribution in [3.63, 3.8) is 0 Å². The van der Waals surface area contributed by atoms with Crippen LogP contribution < -0.4 is 5.32 Å². The van der Waals surface area contributed by atoms with E-state index < -0.39 is 16.9 Å². The molecule has 2 heterocycles. The summed E-state index contributed by atoms with van der Waals surface area (Å²) in [5, 5.41) is 10.3. The summed E-state index contributed by atoms with van der Waals surface area (Å²) in [6.45, 7) is 5.62. The summed E-state index contributed by atoms with van der Waals surface area (Å²) >= 11 is 5.74. The second-order valence-electron chi connectivity index (χ2n) is 6.96. The molecule has 3 rings (SSSR count). The Hall–Kier alpha value is -2.81. The number of aromatic nitrogens is 4. The van der Waals surface area contributed by atoms with Crippen molar-refractivity contribution >= 4 is 23.2 Å². The van der Waals surface area contributed by atoms with Gasteiger partial charge in [-0.3, -0.25) is 14.2 Å². The van der Waals surface area contributed by atoms with E-state index in [4.69, 9.17) is 11.6 Å². The number of alkyl halides is 3. The van der Waals surface area contributed by atoms with E-state index in [9.17, 15) is 18.0 Å². The minimum Gasteiger partial charge on any atom is -0.323 e. The molecule has 0 spiro atoms. The number of anilines is 1. The molecule has 160 valence electrons. The number of aryl methyl sites for hydroxylation is 2. The van der Waals surface area contributed by atoms with Gasteiger partial charge >= 0.3 is 6.18 Å². The molecule has 6 nitrogen and oxygen atoms in total. The lowest BCUT2D eigenvalue weighted by Gasteiger charge is -2.08. The Bertz CT molecular complexity index is 1060. The summed E-state index contributed by atoms with van der Waals surface area (Å²) < 4.78 is 41.7. The van der Waals surface area contributed by atoms with Gasteiger partial charge in [0.15, 0.2) is 5.69 Å². The van der Waals surface area contributed by atoms with Crippen molar-refractivity contribution in [1.82, 2.24) is 19.6 Å². The zero-order chi connectivity index (χ0) is 22.1. The minimum absolute atomic E-state index is 0.0241. The Balaban J connectivity index is 1.67. The minimum atomic E-state index is -4.64. The molecule has 2 aromatic heterocycles. The summed E-state index contributed by atoms with van der Waals surface area (Å²) in [5.41, 5.74) is 2.15. The molecule has 0 saturated carbocycles. The highest BCUT2D eigenvalue weighted by Crippen LogP contribution is 2.35. The number of halogens is 4. The summed E-state index contributed by atoms with van der Waals surface area (Å²) in [7, 11) is 0. The number of carbonyl (C=O) groups excluding carboxylic acids is 1. The molecule has 1 amide bonds. The van der Waals surface area contributed by atoms with Crippen LogP contribution >= 0.6 is 11.6 Å². The lowest BCUT2D eigenvalue weighted by molar-refractivity contribution is -0.141. The normalized spacial score (nSPS) is 11.7. The number of nitrogens with one attached hydrogen (secondary N) is 1. The van der Waals surface area contributed by atoms with E-state index in [1.807, 2.05) is 37.3 Å². The number of amides is 1. The second-order valence-corrected chi connectivity index (χ2v) is 7.33. The Morgan fingerprint density at radius 2 is 1.73 bits per heavy atom. The molecule has 0 bridgehead atoms. The molecule has 0 aliphatic carbocycles. The fourth-order valence-corrected chi connectivity index (χ4v) is 3.36. The van der Waals surface area contributed by atoms with E-state index in [2.05, 4.69) is 15.5 Å². The van der Waals surface area contributed by atoms with Gasteiger partial charge in [-0.2, -0.15) is 23.4 Å². The van der Waals surface area contributed by atoms with Gasteiger partial charge in [-0.25, -0.2) is 0 Å². The number of rotatable bonds is 6. The van der Waals surface area contributed by atoms with Crippen LogP contribution in [0.4, 0.5) is 18.9 Å². The van der Waals surface area contributed by atoms with Gasteiger partial charge in [0.1, 0.15) is 0 Å². The largest absolute Gasteiger partial charge is 0.436 e. The molecule has 0 aliphatic rings. The topological polar surface area (TPSA) is 64.7 Å². The highest BCUT2D eigenvalue weighted by atomic mass is 35.5. The van der Waals surface area contributed by atoms with Gasteiger partial charge < -0.3 is 5.32 Å². The van der Waals surface area contributed by atoms with Crippen molar-refractivity contribution in [2.75, 3.05) is 5.32 Å². The SMILES string of the molecule is Cc1nn(Cc2ccccc2)c(C)c1NC(=O)CCn1nc(C(F)(F)F)c(Cl)c1C. The molecule has 0 saturated heterocycles. The smallest absolute Gasteiger partial charge is 0.323 e.